The molecule has 2 rings (SSSR count). The van der Waals surface area contributed by atoms with Gasteiger partial charge in [-0.2, -0.15) is 0 Å². The largest absolute Gasteiger partial charge is 0.494 e. The van der Waals surface area contributed by atoms with Crippen LogP contribution >= 0.6 is 0 Å². The van der Waals surface area contributed by atoms with Crippen molar-refractivity contribution in [3.05, 3.63) is 24.3 Å². The lowest BCUT2D eigenvalue weighted by Crippen LogP contribution is -2.46. The average Bonchev–Trinajstić information content (AvgIpc) is 2.55. The molecule has 0 spiro atoms. The molecular weight excluding hydrogens is 268 g/mol. The lowest BCUT2D eigenvalue weighted by molar-refractivity contribution is -0.132. The summed E-state index contributed by atoms with van der Waals surface area (Å²) in [7, 11) is 0. The van der Waals surface area contributed by atoms with Gasteiger partial charge in [0.2, 0.25) is 5.91 Å². The molecule has 0 unspecified atom stereocenters. The number of benzene rings is 1. The molecule has 1 heterocycles. The first-order valence-corrected chi connectivity index (χ1v) is 7.63. The molecule has 1 aliphatic rings. The molecule has 1 aromatic carbocycles. The fourth-order valence-electron chi connectivity index (χ4n) is 2.18. The van der Waals surface area contributed by atoms with Gasteiger partial charge in [-0.05, 0) is 30.7 Å². The molecule has 1 aromatic rings. The number of ether oxygens (including phenoxy) is 2. The highest BCUT2D eigenvalue weighted by Gasteiger charge is 2.15. The van der Waals surface area contributed by atoms with Gasteiger partial charge in [-0.3, -0.25) is 4.79 Å². The standard InChI is InChI=1S/C16H24N2O3/c1-2-12-20-14-3-5-15(6-4-14)21-13-7-16(19)18-10-8-17-9-11-18/h3-6,17H,2,7-13H2,1H3. The second-order valence-corrected chi connectivity index (χ2v) is 5.05. The fourth-order valence-corrected chi connectivity index (χ4v) is 2.18. The zero-order chi connectivity index (χ0) is 14.9. The first-order chi connectivity index (χ1) is 10.3. The summed E-state index contributed by atoms with van der Waals surface area (Å²) in [5.41, 5.74) is 0. The molecule has 5 nitrogen and oxygen atoms in total. The van der Waals surface area contributed by atoms with Crippen LogP contribution in [0.4, 0.5) is 0 Å². The maximum atomic E-state index is 12.0. The number of carbonyl (C=O) groups is 1. The molecule has 0 radical (unpaired) electrons. The second-order valence-electron chi connectivity index (χ2n) is 5.05. The number of hydrogen-bond acceptors (Lipinski definition) is 4. The Morgan fingerprint density at radius 3 is 2.24 bits per heavy atom. The number of nitrogens with zero attached hydrogens (tertiary/aromatic N) is 1. The normalized spacial score (nSPS) is 14.8. The van der Waals surface area contributed by atoms with Crippen molar-refractivity contribution in [2.45, 2.75) is 19.8 Å². The topological polar surface area (TPSA) is 50.8 Å². The molecule has 21 heavy (non-hydrogen) atoms. The van der Waals surface area contributed by atoms with Gasteiger partial charge in [-0.15, -0.1) is 0 Å². The van der Waals surface area contributed by atoms with Crippen LogP contribution in [-0.4, -0.2) is 50.2 Å². The predicted octanol–water partition coefficient (Wildman–Crippen LogP) is 1.68. The third kappa shape index (κ3) is 5.27. The van der Waals surface area contributed by atoms with E-state index in [0.717, 1.165) is 50.7 Å². The Morgan fingerprint density at radius 1 is 1.10 bits per heavy atom. The monoisotopic (exact) mass is 292 g/mol. The van der Waals surface area contributed by atoms with Gasteiger partial charge in [0.1, 0.15) is 11.5 Å². The minimum atomic E-state index is 0.166. The summed E-state index contributed by atoms with van der Waals surface area (Å²) in [6.45, 7) is 6.56. The zero-order valence-electron chi connectivity index (χ0n) is 12.6. The summed E-state index contributed by atoms with van der Waals surface area (Å²) >= 11 is 0. The number of rotatable bonds is 7. The summed E-state index contributed by atoms with van der Waals surface area (Å²) in [5, 5.41) is 3.23. The summed E-state index contributed by atoms with van der Waals surface area (Å²) < 4.78 is 11.1. The van der Waals surface area contributed by atoms with E-state index < -0.39 is 0 Å². The highest BCUT2D eigenvalue weighted by molar-refractivity contribution is 5.76. The van der Waals surface area contributed by atoms with E-state index in [-0.39, 0.29) is 5.91 Å². The van der Waals surface area contributed by atoms with Crippen molar-refractivity contribution in [1.29, 1.82) is 0 Å². The SMILES string of the molecule is CCCOc1ccc(OCCC(=O)N2CCNCC2)cc1. The molecule has 0 atom stereocenters. The van der Waals surface area contributed by atoms with E-state index in [1.165, 1.54) is 0 Å². The lowest BCUT2D eigenvalue weighted by Gasteiger charge is -2.27. The molecule has 0 saturated carbocycles. The van der Waals surface area contributed by atoms with Crippen molar-refractivity contribution >= 4 is 5.91 Å². The van der Waals surface area contributed by atoms with Gasteiger partial charge in [-0.25, -0.2) is 0 Å². The van der Waals surface area contributed by atoms with Gasteiger partial charge in [-0.1, -0.05) is 6.92 Å². The Hall–Kier alpha value is -1.75. The average molecular weight is 292 g/mol. The molecule has 1 N–H and O–H groups in total. The Kier molecular flexibility index (Phi) is 6.34. The third-order valence-corrected chi connectivity index (χ3v) is 3.35. The van der Waals surface area contributed by atoms with Gasteiger partial charge in [0.25, 0.3) is 0 Å². The third-order valence-electron chi connectivity index (χ3n) is 3.35. The van der Waals surface area contributed by atoms with Gasteiger partial charge in [0, 0.05) is 26.2 Å². The molecule has 1 aliphatic heterocycles. The molecule has 0 bridgehead atoms. The van der Waals surface area contributed by atoms with Gasteiger partial charge >= 0.3 is 0 Å². The highest BCUT2D eigenvalue weighted by atomic mass is 16.5. The summed E-state index contributed by atoms with van der Waals surface area (Å²) in [4.78, 5) is 13.8. The van der Waals surface area contributed by atoms with Crippen LogP contribution in [-0.2, 0) is 4.79 Å². The molecule has 0 aliphatic carbocycles. The zero-order valence-corrected chi connectivity index (χ0v) is 12.6. The van der Waals surface area contributed by atoms with Crippen molar-refractivity contribution in [2.24, 2.45) is 0 Å². The van der Waals surface area contributed by atoms with E-state index in [1.54, 1.807) is 0 Å². The van der Waals surface area contributed by atoms with Crippen LogP contribution in [0.3, 0.4) is 0 Å². The van der Waals surface area contributed by atoms with Crippen LogP contribution < -0.4 is 14.8 Å². The smallest absolute Gasteiger partial charge is 0.226 e. The van der Waals surface area contributed by atoms with Crippen molar-refractivity contribution in [1.82, 2.24) is 10.2 Å². The van der Waals surface area contributed by atoms with E-state index in [1.807, 2.05) is 29.2 Å². The second kappa shape index (κ2) is 8.52. The maximum absolute atomic E-state index is 12.0. The van der Waals surface area contributed by atoms with Crippen molar-refractivity contribution < 1.29 is 14.3 Å². The van der Waals surface area contributed by atoms with Crippen molar-refractivity contribution in [3.63, 3.8) is 0 Å². The number of carbonyl (C=O) groups excluding carboxylic acids is 1. The number of piperazine rings is 1. The van der Waals surface area contributed by atoms with Crippen LogP contribution in [0.15, 0.2) is 24.3 Å². The van der Waals surface area contributed by atoms with Crippen LogP contribution in [0.1, 0.15) is 19.8 Å². The number of hydrogen-bond donors (Lipinski definition) is 1. The molecule has 116 valence electrons. The van der Waals surface area contributed by atoms with E-state index in [2.05, 4.69) is 12.2 Å². The number of amides is 1. The molecule has 1 saturated heterocycles. The highest BCUT2D eigenvalue weighted by Crippen LogP contribution is 2.17. The van der Waals surface area contributed by atoms with Crippen LogP contribution in [0.25, 0.3) is 0 Å². The Morgan fingerprint density at radius 2 is 1.67 bits per heavy atom. The van der Waals surface area contributed by atoms with Crippen LogP contribution in [0.2, 0.25) is 0 Å². The lowest BCUT2D eigenvalue weighted by atomic mass is 10.3. The first kappa shape index (κ1) is 15.6. The van der Waals surface area contributed by atoms with Crippen molar-refractivity contribution in [3.8, 4) is 11.5 Å². The van der Waals surface area contributed by atoms with E-state index in [9.17, 15) is 4.79 Å². The molecular formula is C16H24N2O3. The van der Waals surface area contributed by atoms with Crippen LogP contribution in [0, 0.1) is 0 Å². The quantitative estimate of drug-likeness (QED) is 0.830. The Labute approximate surface area is 126 Å². The summed E-state index contributed by atoms with van der Waals surface area (Å²) in [6.07, 6.45) is 1.42. The summed E-state index contributed by atoms with van der Waals surface area (Å²) in [5.74, 6) is 1.78. The minimum absolute atomic E-state index is 0.166. The molecule has 1 amide bonds. The van der Waals surface area contributed by atoms with E-state index in [4.69, 9.17) is 9.47 Å². The maximum Gasteiger partial charge on any atom is 0.226 e. The van der Waals surface area contributed by atoms with Gasteiger partial charge in [0.05, 0.1) is 19.6 Å². The molecule has 1 fully saturated rings. The Bertz CT molecular complexity index is 428. The number of nitrogens with one attached hydrogen (secondary N) is 1. The predicted molar refractivity (Wildman–Crippen MR) is 81.8 cm³/mol. The van der Waals surface area contributed by atoms with Crippen molar-refractivity contribution in [2.75, 3.05) is 39.4 Å². The molecule has 5 heteroatoms. The summed E-state index contributed by atoms with van der Waals surface area (Å²) in [6, 6.07) is 7.53. The molecule has 0 aromatic heterocycles. The minimum Gasteiger partial charge on any atom is -0.494 e. The Balaban J connectivity index is 1.69. The fraction of sp³-hybridized carbons (Fsp3) is 0.562. The van der Waals surface area contributed by atoms with Gasteiger partial charge < -0.3 is 19.7 Å². The first-order valence-electron chi connectivity index (χ1n) is 7.63. The van der Waals surface area contributed by atoms with E-state index in [0.29, 0.717) is 13.0 Å². The van der Waals surface area contributed by atoms with Crippen LogP contribution in [0.5, 0.6) is 11.5 Å². The van der Waals surface area contributed by atoms with Gasteiger partial charge in [0.15, 0.2) is 0 Å². The van der Waals surface area contributed by atoms with E-state index >= 15 is 0 Å².